The lowest BCUT2D eigenvalue weighted by atomic mass is 9.93. The van der Waals surface area contributed by atoms with Crippen molar-refractivity contribution in [3.05, 3.63) is 63.9 Å². The van der Waals surface area contributed by atoms with Crippen molar-refractivity contribution in [2.45, 2.75) is 19.3 Å². The predicted octanol–water partition coefficient (Wildman–Crippen LogP) is 4.28. The van der Waals surface area contributed by atoms with Crippen LogP contribution in [0.15, 0.2) is 46.9 Å². The Labute approximate surface area is 131 Å². The number of likely N-dealkylation sites (N-methyl/N-ethyl adjacent to an activating group) is 1. The molecular weight excluding hydrogens is 333 g/mol. The molecule has 1 unspecified atom stereocenters. The zero-order chi connectivity index (χ0) is 15.0. The molecule has 1 aliphatic rings. The second-order valence-electron chi connectivity index (χ2n) is 5.17. The van der Waals surface area contributed by atoms with Gasteiger partial charge in [-0.1, -0.05) is 28.1 Å². The second kappa shape index (κ2) is 5.60. The lowest BCUT2D eigenvalue weighted by molar-refractivity contribution is -0.119. The molecule has 0 N–H and O–H groups in total. The fraction of sp³-hybridized carbons (Fsp3) is 0.235. The largest absolute Gasteiger partial charge is 0.312 e. The summed E-state index contributed by atoms with van der Waals surface area (Å²) in [5, 5.41) is 0. The molecule has 0 saturated heterocycles. The van der Waals surface area contributed by atoms with Gasteiger partial charge in [-0.05, 0) is 54.8 Å². The van der Waals surface area contributed by atoms with Crippen molar-refractivity contribution in [3.63, 3.8) is 0 Å². The van der Waals surface area contributed by atoms with Crippen molar-refractivity contribution in [1.82, 2.24) is 0 Å². The Hall–Kier alpha value is -1.68. The second-order valence-corrected chi connectivity index (χ2v) is 6.08. The van der Waals surface area contributed by atoms with Gasteiger partial charge in [-0.25, -0.2) is 4.39 Å². The molecule has 3 rings (SSSR count). The van der Waals surface area contributed by atoms with Gasteiger partial charge in [0.2, 0.25) is 5.91 Å². The van der Waals surface area contributed by atoms with E-state index in [1.165, 1.54) is 12.1 Å². The van der Waals surface area contributed by atoms with Crippen molar-refractivity contribution in [2.24, 2.45) is 0 Å². The lowest BCUT2D eigenvalue weighted by Crippen LogP contribution is -2.29. The first-order valence-electron chi connectivity index (χ1n) is 6.95. The number of nitrogens with zero attached hydrogens (tertiary/aromatic N) is 1. The van der Waals surface area contributed by atoms with Crippen molar-refractivity contribution in [2.75, 3.05) is 11.4 Å². The Morgan fingerprint density at radius 2 is 1.90 bits per heavy atom. The van der Waals surface area contributed by atoms with Crippen LogP contribution in [0.3, 0.4) is 0 Å². The quantitative estimate of drug-likeness (QED) is 0.811. The number of anilines is 1. The molecule has 1 aliphatic heterocycles. The van der Waals surface area contributed by atoms with E-state index >= 15 is 0 Å². The summed E-state index contributed by atoms with van der Waals surface area (Å²) >= 11 is 3.47. The number of carbonyl (C=O) groups is 1. The molecule has 0 radical (unpaired) electrons. The monoisotopic (exact) mass is 347 g/mol. The van der Waals surface area contributed by atoms with Crippen LogP contribution in [0.2, 0.25) is 0 Å². The van der Waals surface area contributed by atoms with Crippen LogP contribution < -0.4 is 4.90 Å². The summed E-state index contributed by atoms with van der Waals surface area (Å²) in [6, 6.07) is 12.3. The molecule has 4 heteroatoms. The highest BCUT2D eigenvalue weighted by Crippen LogP contribution is 2.40. The number of halogens is 2. The fourth-order valence-corrected chi connectivity index (χ4v) is 3.25. The van der Waals surface area contributed by atoms with Gasteiger partial charge in [0.05, 0.1) is 5.92 Å². The molecule has 0 spiro atoms. The molecule has 108 valence electrons. The standard InChI is InChI=1S/C17H15BrFNO/c1-2-20-16-8-5-12(18)10-14(16)15(17(20)21)9-11-3-6-13(19)7-4-11/h3-8,10,15H,2,9H2,1H3. The summed E-state index contributed by atoms with van der Waals surface area (Å²) in [5.41, 5.74) is 3.00. The van der Waals surface area contributed by atoms with Crippen LogP contribution in [-0.2, 0) is 11.2 Å². The van der Waals surface area contributed by atoms with E-state index in [-0.39, 0.29) is 17.6 Å². The molecule has 0 bridgehead atoms. The van der Waals surface area contributed by atoms with Gasteiger partial charge in [0.1, 0.15) is 5.82 Å². The van der Waals surface area contributed by atoms with Crippen LogP contribution in [-0.4, -0.2) is 12.5 Å². The predicted molar refractivity (Wildman–Crippen MR) is 85.0 cm³/mol. The zero-order valence-electron chi connectivity index (χ0n) is 11.6. The van der Waals surface area contributed by atoms with Crippen LogP contribution in [0, 0.1) is 5.82 Å². The van der Waals surface area contributed by atoms with E-state index in [2.05, 4.69) is 15.9 Å². The number of hydrogen-bond acceptors (Lipinski definition) is 1. The van der Waals surface area contributed by atoms with E-state index in [0.717, 1.165) is 21.3 Å². The van der Waals surface area contributed by atoms with Gasteiger partial charge in [-0.2, -0.15) is 0 Å². The number of amides is 1. The Kier molecular flexibility index (Phi) is 3.81. The molecule has 0 saturated carbocycles. The highest BCUT2D eigenvalue weighted by atomic mass is 79.9. The Morgan fingerprint density at radius 3 is 2.57 bits per heavy atom. The van der Waals surface area contributed by atoms with Crippen molar-refractivity contribution >= 4 is 27.5 Å². The number of rotatable bonds is 3. The van der Waals surface area contributed by atoms with Gasteiger partial charge in [-0.15, -0.1) is 0 Å². The van der Waals surface area contributed by atoms with Crippen molar-refractivity contribution in [1.29, 1.82) is 0 Å². The molecule has 2 nitrogen and oxygen atoms in total. The van der Waals surface area contributed by atoms with E-state index in [1.807, 2.05) is 30.0 Å². The Morgan fingerprint density at radius 1 is 1.19 bits per heavy atom. The maximum Gasteiger partial charge on any atom is 0.234 e. The van der Waals surface area contributed by atoms with E-state index in [4.69, 9.17) is 0 Å². The highest BCUT2D eigenvalue weighted by molar-refractivity contribution is 9.10. The number of carbonyl (C=O) groups excluding carboxylic acids is 1. The van der Waals surface area contributed by atoms with Gasteiger partial charge in [-0.3, -0.25) is 4.79 Å². The topological polar surface area (TPSA) is 20.3 Å². The van der Waals surface area contributed by atoms with E-state index < -0.39 is 0 Å². The average Bonchev–Trinajstić information content (AvgIpc) is 2.73. The molecule has 0 aliphatic carbocycles. The minimum atomic E-state index is -0.255. The molecule has 2 aromatic rings. The summed E-state index contributed by atoms with van der Waals surface area (Å²) in [7, 11) is 0. The van der Waals surface area contributed by atoms with Gasteiger partial charge in [0.15, 0.2) is 0 Å². The highest BCUT2D eigenvalue weighted by Gasteiger charge is 2.36. The maximum absolute atomic E-state index is 13.0. The van der Waals surface area contributed by atoms with Gasteiger partial charge < -0.3 is 4.90 Å². The number of benzene rings is 2. The van der Waals surface area contributed by atoms with Crippen LogP contribution >= 0.6 is 15.9 Å². The first-order valence-corrected chi connectivity index (χ1v) is 7.74. The summed E-state index contributed by atoms with van der Waals surface area (Å²) in [4.78, 5) is 14.4. The van der Waals surface area contributed by atoms with Crippen LogP contribution in [0.1, 0.15) is 24.0 Å². The third-order valence-corrected chi connectivity index (χ3v) is 4.38. The zero-order valence-corrected chi connectivity index (χ0v) is 13.2. The summed E-state index contributed by atoms with van der Waals surface area (Å²) < 4.78 is 14.0. The maximum atomic E-state index is 13.0. The molecule has 0 aromatic heterocycles. The van der Waals surface area contributed by atoms with E-state index in [0.29, 0.717) is 13.0 Å². The normalized spacial score (nSPS) is 17.2. The summed E-state index contributed by atoms with van der Waals surface area (Å²) in [6.45, 7) is 2.64. The minimum absolute atomic E-state index is 0.120. The SMILES string of the molecule is CCN1C(=O)C(Cc2ccc(F)cc2)c2cc(Br)ccc21. The third kappa shape index (κ3) is 2.60. The van der Waals surface area contributed by atoms with Gasteiger partial charge >= 0.3 is 0 Å². The first kappa shape index (κ1) is 14.3. The van der Waals surface area contributed by atoms with Gasteiger partial charge in [0, 0.05) is 16.7 Å². The van der Waals surface area contributed by atoms with Crippen LogP contribution in [0.25, 0.3) is 0 Å². The molecule has 21 heavy (non-hydrogen) atoms. The van der Waals surface area contributed by atoms with Crippen molar-refractivity contribution in [3.8, 4) is 0 Å². The third-order valence-electron chi connectivity index (χ3n) is 3.89. The van der Waals surface area contributed by atoms with E-state index in [9.17, 15) is 9.18 Å². The molecular formula is C17H15BrFNO. The van der Waals surface area contributed by atoms with Gasteiger partial charge in [0.25, 0.3) is 0 Å². The summed E-state index contributed by atoms with van der Waals surface area (Å²) in [5.74, 6) is -0.326. The fourth-order valence-electron chi connectivity index (χ4n) is 2.87. The van der Waals surface area contributed by atoms with Crippen LogP contribution in [0.5, 0.6) is 0 Å². The average molecular weight is 348 g/mol. The number of fused-ring (bicyclic) bond motifs is 1. The minimum Gasteiger partial charge on any atom is -0.312 e. The molecule has 1 heterocycles. The van der Waals surface area contributed by atoms with Crippen LogP contribution in [0.4, 0.5) is 10.1 Å². The molecule has 2 aromatic carbocycles. The first-order chi connectivity index (χ1) is 10.1. The summed E-state index contributed by atoms with van der Waals surface area (Å²) in [6.07, 6.45) is 0.596. The number of hydrogen-bond donors (Lipinski definition) is 0. The molecule has 1 amide bonds. The molecule has 0 fully saturated rings. The van der Waals surface area contributed by atoms with Crippen molar-refractivity contribution < 1.29 is 9.18 Å². The Balaban J connectivity index is 1.97. The lowest BCUT2D eigenvalue weighted by Gasteiger charge is -2.15. The Bertz CT molecular complexity index is 684. The molecule has 1 atom stereocenters. The smallest absolute Gasteiger partial charge is 0.234 e. The van der Waals surface area contributed by atoms with E-state index in [1.54, 1.807) is 12.1 Å².